The van der Waals surface area contributed by atoms with Crippen LogP contribution in [0.1, 0.15) is 5.56 Å². The molecule has 94 valence electrons. The highest BCUT2D eigenvalue weighted by Crippen LogP contribution is 2.28. The lowest BCUT2D eigenvalue weighted by Crippen LogP contribution is -1.92. The smallest absolute Gasteiger partial charge is 0.118 e. The van der Waals surface area contributed by atoms with Crippen molar-refractivity contribution in [2.24, 2.45) is 0 Å². The van der Waals surface area contributed by atoms with E-state index in [0.717, 1.165) is 27.5 Å². The Balaban J connectivity index is 2.41. The van der Waals surface area contributed by atoms with Crippen molar-refractivity contribution in [3.05, 3.63) is 53.1 Å². The minimum Gasteiger partial charge on any atom is -0.497 e. The van der Waals surface area contributed by atoms with Crippen LogP contribution >= 0.6 is 11.6 Å². The molecule has 0 fully saturated rings. The number of hydrogen-bond acceptors (Lipinski definition) is 2. The fraction of sp³-hybridized carbons (Fsp3) is 0.200. The summed E-state index contributed by atoms with van der Waals surface area (Å²) in [6.45, 7) is 0.544. The van der Waals surface area contributed by atoms with Gasteiger partial charge in [-0.2, -0.15) is 0 Å². The second-order valence-corrected chi connectivity index (χ2v) is 4.40. The van der Waals surface area contributed by atoms with Crippen LogP contribution in [-0.2, 0) is 11.3 Å². The lowest BCUT2D eigenvalue weighted by atomic mass is 10.00. The van der Waals surface area contributed by atoms with Gasteiger partial charge in [0, 0.05) is 12.1 Å². The van der Waals surface area contributed by atoms with Crippen molar-refractivity contribution in [1.29, 1.82) is 0 Å². The molecule has 0 saturated carbocycles. The third kappa shape index (κ3) is 2.84. The fourth-order valence-corrected chi connectivity index (χ4v) is 2.08. The highest BCUT2D eigenvalue weighted by atomic mass is 35.5. The van der Waals surface area contributed by atoms with Crippen molar-refractivity contribution in [3.63, 3.8) is 0 Å². The van der Waals surface area contributed by atoms with Crippen LogP contribution in [0.4, 0.5) is 0 Å². The van der Waals surface area contributed by atoms with Crippen LogP contribution < -0.4 is 4.74 Å². The topological polar surface area (TPSA) is 18.5 Å². The van der Waals surface area contributed by atoms with E-state index in [1.807, 2.05) is 42.5 Å². The van der Waals surface area contributed by atoms with Crippen LogP contribution in [0.5, 0.6) is 5.75 Å². The molecule has 0 unspecified atom stereocenters. The summed E-state index contributed by atoms with van der Waals surface area (Å²) in [6, 6.07) is 13.8. The van der Waals surface area contributed by atoms with Crippen LogP contribution in [0.2, 0.25) is 5.02 Å². The number of hydrogen-bond donors (Lipinski definition) is 0. The summed E-state index contributed by atoms with van der Waals surface area (Å²) in [7, 11) is 3.34. The molecule has 0 N–H and O–H groups in total. The van der Waals surface area contributed by atoms with Gasteiger partial charge in [-0.1, -0.05) is 29.8 Å². The Morgan fingerprint density at radius 2 is 1.72 bits per heavy atom. The van der Waals surface area contributed by atoms with Gasteiger partial charge in [-0.05, 0) is 41.0 Å². The molecule has 0 atom stereocenters. The van der Waals surface area contributed by atoms with Crippen LogP contribution in [0.3, 0.4) is 0 Å². The summed E-state index contributed by atoms with van der Waals surface area (Å²) >= 11 is 6.01. The highest BCUT2D eigenvalue weighted by molar-refractivity contribution is 6.30. The normalized spacial score (nSPS) is 10.4. The first-order chi connectivity index (χ1) is 8.74. The first-order valence-electron chi connectivity index (χ1n) is 5.66. The van der Waals surface area contributed by atoms with Gasteiger partial charge < -0.3 is 9.47 Å². The van der Waals surface area contributed by atoms with Gasteiger partial charge >= 0.3 is 0 Å². The zero-order valence-corrected chi connectivity index (χ0v) is 11.2. The molecule has 3 heteroatoms. The third-order valence-electron chi connectivity index (χ3n) is 2.77. The van der Waals surface area contributed by atoms with Crippen molar-refractivity contribution in [3.8, 4) is 16.9 Å². The maximum atomic E-state index is 6.01. The molecule has 0 aromatic heterocycles. The molecular weight excluding hydrogens is 248 g/mol. The van der Waals surface area contributed by atoms with E-state index < -0.39 is 0 Å². The highest BCUT2D eigenvalue weighted by Gasteiger charge is 2.06. The van der Waals surface area contributed by atoms with Gasteiger partial charge in [-0.3, -0.25) is 0 Å². The molecule has 0 bridgehead atoms. The average molecular weight is 263 g/mol. The maximum Gasteiger partial charge on any atom is 0.118 e. The quantitative estimate of drug-likeness (QED) is 0.824. The first kappa shape index (κ1) is 12.9. The monoisotopic (exact) mass is 262 g/mol. The van der Waals surface area contributed by atoms with Crippen molar-refractivity contribution in [2.45, 2.75) is 6.61 Å². The second-order valence-electron chi connectivity index (χ2n) is 3.96. The molecule has 0 radical (unpaired) electrons. The lowest BCUT2D eigenvalue weighted by Gasteiger charge is -2.10. The third-order valence-corrected chi connectivity index (χ3v) is 3.00. The Bertz CT molecular complexity index is 521. The van der Waals surface area contributed by atoms with Gasteiger partial charge in [0.05, 0.1) is 13.7 Å². The minimum absolute atomic E-state index is 0.544. The molecule has 2 aromatic carbocycles. The number of halogens is 1. The molecule has 0 spiro atoms. The van der Waals surface area contributed by atoms with E-state index in [9.17, 15) is 0 Å². The molecule has 0 aliphatic rings. The van der Waals surface area contributed by atoms with Crippen molar-refractivity contribution in [1.82, 2.24) is 0 Å². The molecule has 0 heterocycles. The zero-order chi connectivity index (χ0) is 13.0. The average Bonchev–Trinajstić information content (AvgIpc) is 2.40. The van der Waals surface area contributed by atoms with Crippen LogP contribution in [0.25, 0.3) is 11.1 Å². The Labute approximate surface area is 112 Å². The summed E-state index contributed by atoms with van der Waals surface area (Å²) in [5.74, 6) is 0.848. The predicted molar refractivity (Wildman–Crippen MR) is 74.2 cm³/mol. The van der Waals surface area contributed by atoms with Gasteiger partial charge in [0.1, 0.15) is 5.75 Å². The van der Waals surface area contributed by atoms with E-state index in [2.05, 4.69) is 0 Å². The number of benzene rings is 2. The van der Waals surface area contributed by atoms with Crippen molar-refractivity contribution >= 4 is 11.6 Å². The van der Waals surface area contributed by atoms with Crippen LogP contribution in [-0.4, -0.2) is 14.2 Å². The van der Waals surface area contributed by atoms with Gasteiger partial charge in [0.2, 0.25) is 0 Å². The van der Waals surface area contributed by atoms with Gasteiger partial charge in [-0.15, -0.1) is 0 Å². The predicted octanol–water partition coefficient (Wildman–Crippen LogP) is 4.16. The van der Waals surface area contributed by atoms with Crippen molar-refractivity contribution in [2.75, 3.05) is 14.2 Å². The van der Waals surface area contributed by atoms with Gasteiger partial charge in [0.15, 0.2) is 0 Å². The summed E-state index contributed by atoms with van der Waals surface area (Å²) in [5, 5.41) is 0.722. The van der Waals surface area contributed by atoms with Crippen LogP contribution in [0, 0.1) is 0 Å². The summed E-state index contributed by atoms with van der Waals surface area (Å²) in [5.41, 5.74) is 3.33. The second kappa shape index (κ2) is 5.89. The Kier molecular flexibility index (Phi) is 4.24. The molecular formula is C15H15ClO2. The minimum atomic E-state index is 0.544. The van der Waals surface area contributed by atoms with E-state index in [1.54, 1.807) is 14.2 Å². The molecule has 0 aliphatic heterocycles. The summed E-state index contributed by atoms with van der Waals surface area (Å²) in [4.78, 5) is 0. The molecule has 0 aliphatic carbocycles. The first-order valence-corrected chi connectivity index (χ1v) is 6.04. The van der Waals surface area contributed by atoms with Crippen molar-refractivity contribution < 1.29 is 9.47 Å². The molecule has 2 rings (SSSR count). The van der Waals surface area contributed by atoms with E-state index in [1.165, 1.54) is 0 Å². The van der Waals surface area contributed by atoms with E-state index in [4.69, 9.17) is 21.1 Å². The molecule has 2 nitrogen and oxygen atoms in total. The summed E-state index contributed by atoms with van der Waals surface area (Å²) in [6.07, 6.45) is 0. The largest absolute Gasteiger partial charge is 0.497 e. The van der Waals surface area contributed by atoms with E-state index in [0.29, 0.717) is 6.61 Å². The Hall–Kier alpha value is -1.51. The summed E-state index contributed by atoms with van der Waals surface area (Å²) < 4.78 is 10.4. The van der Waals surface area contributed by atoms with Gasteiger partial charge in [0.25, 0.3) is 0 Å². The number of ether oxygens (including phenoxy) is 2. The molecule has 2 aromatic rings. The fourth-order valence-electron chi connectivity index (χ4n) is 1.89. The van der Waals surface area contributed by atoms with Gasteiger partial charge in [-0.25, -0.2) is 0 Å². The lowest BCUT2D eigenvalue weighted by molar-refractivity contribution is 0.185. The SMILES string of the molecule is COCc1cc(Cl)ccc1-c1ccc(OC)cc1. The number of methoxy groups -OCH3 is 2. The van der Waals surface area contributed by atoms with Crippen LogP contribution in [0.15, 0.2) is 42.5 Å². The Morgan fingerprint density at radius 3 is 2.33 bits per heavy atom. The number of rotatable bonds is 4. The Morgan fingerprint density at radius 1 is 1.00 bits per heavy atom. The molecule has 0 amide bonds. The standard InChI is InChI=1S/C15H15ClO2/c1-17-10-12-9-13(16)5-8-15(12)11-3-6-14(18-2)7-4-11/h3-9H,10H2,1-2H3. The molecule has 18 heavy (non-hydrogen) atoms. The van der Waals surface area contributed by atoms with E-state index >= 15 is 0 Å². The maximum absolute atomic E-state index is 6.01. The molecule has 0 saturated heterocycles. The van der Waals surface area contributed by atoms with E-state index in [-0.39, 0.29) is 0 Å². The zero-order valence-electron chi connectivity index (χ0n) is 10.4.